The first kappa shape index (κ1) is 15.6. The van der Waals surface area contributed by atoms with Gasteiger partial charge in [0.1, 0.15) is 23.2 Å². The second-order valence-electron chi connectivity index (χ2n) is 4.27. The van der Waals surface area contributed by atoms with E-state index in [-0.39, 0.29) is 16.1 Å². The van der Waals surface area contributed by atoms with E-state index in [1.807, 2.05) is 0 Å². The summed E-state index contributed by atoms with van der Waals surface area (Å²) in [7, 11) is 1.39. The van der Waals surface area contributed by atoms with Gasteiger partial charge in [0.05, 0.1) is 18.2 Å². The molecule has 0 aliphatic heterocycles. The normalized spacial score (nSPS) is 12.3. The monoisotopic (exact) mass is 316 g/mol. The predicted molar refractivity (Wildman–Crippen MR) is 73.5 cm³/mol. The van der Waals surface area contributed by atoms with E-state index in [1.165, 1.54) is 19.2 Å². The third-order valence-corrected chi connectivity index (χ3v) is 3.33. The van der Waals surface area contributed by atoms with Gasteiger partial charge in [0.25, 0.3) is 0 Å². The molecule has 0 aromatic heterocycles. The fourth-order valence-corrected chi connectivity index (χ4v) is 2.13. The summed E-state index contributed by atoms with van der Waals surface area (Å²) in [6.07, 6.45) is 0. The van der Waals surface area contributed by atoms with Gasteiger partial charge >= 0.3 is 0 Å². The van der Waals surface area contributed by atoms with Crippen molar-refractivity contribution in [2.45, 2.75) is 6.04 Å². The van der Waals surface area contributed by atoms with Crippen LogP contribution < -0.4 is 16.0 Å². The highest BCUT2D eigenvalue weighted by Crippen LogP contribution is 2.30. The number of hydrogen-bond acceptors (Lipinski definition) is 3. The molecule has 0 saturated heterocycles. The van der Waals surface area contributed by atoms with Crippen molar-refractivity contribution in [1.82, 2.24) is 5.43 Å². The van der Waals surface area contributed by atoms with Crippen LogP contribution in [0.5, 0.6) is 5.75 Å². The minimum absolute atomic E-state index is 0.0546. The number of benzene rings is 2. The van der Waals surface area contributed by atoms with Gasteiger partial charge in [-0.05, 0) is 18.2 Å². The molecule has 2 rings (SSSR count). The molecular weight excluding hydrogens is 305 g/mol. The molecule has 0 amide bonds. The maximum Gasteiger partial charge on any atom is 0.142 e. The number of hydrogen-bond donors (Lipinski definition) is 2. The van der Waals surface area contributed by atoms with E-state index in [4.69, 9.17) is 22.2 Å². The molecular formula is C14H12ClF3N2O. The maximum absolute atomic E-state index is 14.1. The Kier molecular flexibility index (Phi) is 4.72. The van der Waals surface area contributed by atoms with Crippen LogP contribution in [0.4, 0.5) is 13.2 Å². The Morgan fingerprint density at radius 3 is 2.29 bits per heavy atom. The second kappa shape index (κ2) is 6.34. The fraction of sp³-hybridized carbons (Fsp3) is 0.143. The van der Waals surface area contributed by atoms with Gasteiger partial charge in [0, 0.05) is 17.2 Å². The van der Waals surface area contributed by atoms with Crippen molar-refractivity contribution in [3.8, 4) is 5.75 Å². The van der Waals surface area contributed by atoms with E-state index in [1.54, 1.807) is 0 Å². The van der Waals surface area contributed by atoms with Crippen molar-refractivity contribution in [2.75, 3.05) is 7.11 Å². The molecule has 3 nitrogen and oxygen atoms in total. The summed E-state index contributed by atoms with van der Waals surface area (Å²) in [6.45, 7) is 0. The minimum Gasteiger partial charge on any atom is -0.497 e. The number of methoxy groups -OCH3 is 1. The summed E-state index contributed by atoms with van der Waals surface area (Å²) in [5.74, 6) is 3.39. The summed E-state index contributed by atoms with van der Waals surface area (Å²) in [5.41, 5.74) is 2.17. The molecule has 3 N–H and O–H groups in total. The summed E-state index contributed by atoms with van der Waals surface area (Å²) >= 11 is 5.49. The summed E-state index contributed by atoms with van der Waals surface area (Å²) in [6, 6.07) is 4.63. The van der Waals surface area contributed by atoms with Gasteiger partial charge < -0.3 is 4.74 Å². The molecule has 0 saturated carbocycles. The Morgan fingerprint density at radius 2 is 1.71 bits per heavy atom. The molecule has 7 heteroatoms. The van der Waals surface area contributed by atoms with Crippen molar-refractivity contribution in [2.24, 2.45) is 5.84 Å². The van der Waals surface area contributed by atoms with Crippen molar-refractivity contribution >= 4 is 11.6 Å². The lowest BCUT2D eigenvalue weighted by atomic mass is 9.98. The van der Waals surface area contributed by atoms with Crippen LogP contribution in [0.15, 0.2) is 30.3 Å². The Morgan fingerprint density at radius 1 is 1.05 bits per heavy atom. The smallest absolute Gasteiger partial charge is 0.142 e. The first-order valence-corrected chi connectivity index (χ1v) is 6.29. The van der Waals surface area contributed by atoms with Gasteiger partial charge in [-0.3, -0.25) is 5.84 Å². The summed E-state index contributed by atoms with van der Waals surface area (Å²) in [5, 5.41) is -0.359. The first-order chi connectivity index (χ1) is 9.97. The molecule has 0 aliphatic rings. The lowest BCUT2D eigenvalue weighted by molar-refractivity contribution is 0.409. The standard InChI is InChI=1S/C14H12ClF3N2O/c1-21-7-2-3-8(11(16)4-7)14(20-19)9-5-13(18)10(15)6-12(9)17/h2-6,14,20H,19H2,1H3. The highest BCUT2D eigenvalue weighted by Gasteiger charge is 2.22. The van der Waals surface area contributed by atoms with E-state index < -0.39 is 23.5 Å². The van der Waals surface area contributed by atoms with E-state index >= 15 is 0 Å². The zero-order valence-electron chi connectivity index (χ0n) is 11.0. The third-order valence-electron chi connectivity index (χ3n) is 3.04. The minimum atomic E-state index is -1.07. The Hall–Kier alpha value is -1.76. The van der Waals surface area contributed by atoms with Crippen molar-refractivity contribution in [1.29, 1.82) is 0 Å². The molecule has 0 radical (unpaired) electrons. The highest BCUT2D eigenvalue weighted by molar-refractivity contribution is 6.30. The van der Waals surface area contributed by atoms with E-state index in [9.17, 15) is 13.2 Å². The van der Waals surface area contributed by atoms with Gasteiger partial charge in [-0.1, -0.05) is 17.7 Å². The van der Waals surface area contributed by atoms with Crippen LogP contribution in [0, 0.1) is 17.5 Å². The van der Waals surface area contributed by atoms with Crippen LogP contribution in [0.2, 0.25) is 5.02 Å². The fourth-order valence-electron chi connectivity index (χ4n) is 1.98. The number of halogens is 4. The lowest BCUT2D eigenvalue weighted by Gasteiger charge is -2.19. The van der Waals surface area contributed by atoms with Crippen LogP contribution in [-0.4, -0.2) is 7.11 Å². The maximum atomic E-state index is 14.1. The Labute approximate surface area is 124 Å². The average Bonchev–Trinajstić information content (AvgIpc) is 2.46. The third kappa shape index (κ3) is 3.12. The van der Waals surface area contributed by atoms with Gasteiger partial charge in [-0.25, -0.2) is 18.6 Å². The number of ether oxygens (including phenoxy) is 1. The Bertz CT molecular complexity index is 667. The predicted octanol–water partition coefficient (Wildman–Crippen LogP) is 3.32. The summed E-state index contributed by atoms with van der Waals surface area (Å²) in [4.78, 5) is 0. The second-order valence-corrected chi connectivity index (χ2v) is 4.68. The quantitative estimate of drug-likeness (QED) is 0.517. The molecule has 0 fully saturated rings. The lowest BCUT2D eigenvalue weighted by Crippen LogP contribution is -2.30. The van der Waals surface area contributed by atoms with E-state index in [0.717, 1.165) is 18.2 Å². The SMILES string of the molecule is COc1ccc(C(NN)c2cc(F)c(Cl)cc2F)c(F)c1. The summed E-state index contributed by atoms with van der Waals surface area (Å²) < 4.78 is 46.4. The molecule has 112 valence electrons. The molecule has 0 aliphatic carbocycles. The van der Waals surface area contributed by atoms with Crippen LogP contribution in [-0.2, 0) is 0 Å². The number of rotatable bonds is 4. The van der Waals surface area contributed by atoms with Crippen LogP contribution in [0.3, 0.4) is 0 Å². The molecule has 0 spiro atoms. The zero-order valence-corrected chi connectivity index (χ0v) is 11.7. The van der Waals surface area contributed by atoms with Crippen LogP contribution >= 0.6 is 11.6 Å². The van der Waals surface area contributed by atoms with Gasteiger partial charge in [-0.15, -0.1) is 0 Å². The van der Waals surface area contributed by atoms with Gasteiger partial charge in [0.2, 0.25) is 0 Å². The molecule has 0 bridgehead atoms. The Balaban J connectivity index is 2.52. The van der Waals surface area contributed by atoms with E-state index in [0.29, 0.717) is 5.75 Å². The zero-order chi connectivity index (χ0) is 15.6. The topological polar surface area (TPSA) is 47.3 Å². The molecule has 1 atom stereocenters. The van der Waals surface area contributed by atoms with Gasteiger partial charge in [-0.2, -0.15) is 0 Å². The molecule has 2 aromatic rings. The van der Waals surface area contributed by atoms with Crippen LogP contribution in [0.1, 0.15) is 17.2 Å². The molecule has 0 heterocycles. The van der Waals surface area contributed by atoms with Gasteiger partial charge in [0.15, 0.2) is 0 Å². The molecule has 1 unspecified atom stereocenters. The number of nitrogens with two attached hydrogens (primary N) is 1. The number of hydrazine groups is 1. The van der Waals surface area contributed by atoms with Crippen molar-refractivity contribution in [3.05, 3.63) is 63.9 Å². The largest absolute Gasteiger partial charge is 0.497 e. The van der Waals surface area contributed by atoms with E-state index in [2.05, 4.69) is 5.43 Å². The highest BCUT2D eigenvalue weighted by atomic mass is 35.5. The first-order valence-electron chi connectivity index (χ1n) is 5.92. The van der Waals surface area contributed by atoms with Crippen molar-refractivity contribution in [3.63, 3.8) is 0 Å². The molecule has 2 aromatic carbocycles. The average molecular weight is 317 g/mol. The molecule has 21 heavy (non-hydrogen) atoms. The van der Waals surface area contributed by atoms with Crippen molar-refractivity contribution < 1.29 is 17.9 Å². The number of nitrogens with one attached hydrogen (secondary N) is 1. The van der Waals surface area contributed by atoms with Crippen LogP contribution in [0.25, 0.3) is 0 Å².